The fourth-order valence-corrected chi connectivity index (χ4v) is 2.63. The number of amides is 1. The van der Waals surface area contributed by atoms with E-state index in [1.807, 2.05) is 6.92 Å². The van der Waals surface area contributed by atoms with Gasteiger partial charge in [0.25, 0.3) is 5.91 Å². The first kappa shape index (κ1) is 16.5. The van der Waals surface area contributed by atoms with Gasteiger partial charge in [0, 0.05) is 28.1 Å². The molecule has 2 N–H and O–H groups in total. The highest BCUT2D eigenvalue weighted by atomic mass is 79.9. The van der Waals surface area contributed by atoms with E-state index in [4.69, 9.17) is 17.3 Å². The summed E-state index contributed by atoms with van der Waals surface area (Å²) in [7, 11) is 0. The highest BCUT2D eigenvalue weighted by molar-refractivity contribution is 9.10. The van der Waals surface area contributed by atoms with Crippen LogP contribution < -0.4 is 5.73 Å². The summed E-state index contributed by atoms with van der Waals surface area (Å²) in [5.41, 5.74) is 6.23. The summed E-state index contributed by atoms with van der Waals surface area (Å²) in [5.74, 6) is -0.0211. The summed E-state index contributed by atoms with van der Waals surface area (Å²) in [4.78, 5) is 14.3. The Labute approximate surface area is 128 Å². The van der Waals surface area contributed by atoms with Gasteiger partial charge in [-0.1, -0.05) is 41.4 Å². The number of halogens is 2. The van der Waals surface area contributed by atoms with Gasteiger partial charge in [-0.2, -0.15) is 0 Å². The number of carbonyl (C=O) groups excluding carboxylic acids is 1. The molecule has 106 valence electrons. The smallest absolute Gasteiger partial charge is 0.253 e. The first-order valence-electron chi connectivity index (χ1n) is 6.24. The zero-order chi connectivity index (χ0) is 14.6. The molecule has 0 spiro atoms. The number of hydrogen-bond acceptors (Lipinski definition) is 2. The van der Waals surface area contributed by atoms with Crippen molar-refractivity contribution in [3.8, 4) is 0 Å². The van der Waals surface area contributed by atoms with Crippen LogP contribution in [0.1, 0.15) is 31.1 Å². The molecule has 1 aromatic rings. The summed E-state index contributed by atoms with van der Waals surface area (Å²) in [6.07, 6.45) is 0. The lowest BCUT2D eigenvalue weighted by atomic mass is 9.93. The fraction of sp³-hybridized carbons (Fsp3) is 0.500. The summed E-state index contributed by atoms with van der Waals surface area (Å²) in [6.45, 7) is 7.88. The van der Waals surface area contributed by atoms with Crippen LogP contribution in [0.15, 0.2) is 22.7 Å². The van der Waals surface area contributed by atoms with Crippen LogP contribution in [-0.2, 0) is 0 Å². The molecule has 19 heavy (non-hydrogen) atoms. The maximum absolute atomic E-state index is 12.5. The van der Waals surface area contributed by atoms with Crippen molar-refractivity contribution in [2.24, 2.45) is 11.1 Å². The lowest BCUT2D eigenvalue weighted by Crippen LogP contribution is -2.42. The molecule has 0 fully saturated rings. The molecule has 3 nitrogen and oxygen atoms in total. The average Bonchev–Trinajstić information content (AvgIpc) is 2.34. The molecule has 0 radical (unpaired) electrons. The molecule has 0 bridgehead atoms. The van der Waals surface area contributed by atoms with Crippen LogP contribution in [0.4, 0.5) is 0 Å². The Morgan fingerprint density at radius 3 is 2.53 bits per heavy atom. The van der Waals surface area contributed by atoms with Crippen molar-refractivity contribution in [3.63, 3.8) is 0 Å². The van der Waals surface area contributed by atoms with Crippen LogP contribution in [-0.4, -0.2) is 30.4 Å². The Hall–Kier alpha value is -0.580. The number of benzene rings is 1. The molecule has 5 heteroatoms. The zero-order valence-electron chi connectivity index (χ0n) is 11.5. The van der Waals surface area contributed by atoms with Crippen LogP contribution in [0, 0.1) is 5.41 Å². The average molecular weight is 348 g/mol. The topological polar surface area (TPSA) is 46.3 Å². The quantitative estimate of drug-likeness (QED) is 0.885. The van der Waals surface area contributed by atoms with Crippen molar-refractivity contribution in [3.05, 3.63) is 33.3 Å². The Kier molecular flexibility index (Phi) is 5.83. The Morgan fingerprint density at radius 2 is 2.05 bits per heavy atom. The second-order valence-corrected chi connectivity index (χ2v) is 6.70. The molecule has 1 amide bonds. The monoisotopic (exact) mass is 346 g/mol. The number of hydrogen-bond donors (Lipinski definition) is 1. The summed E-state index contributed by atoms with van der Waals surface area (Å²) in [6, 6.07) is 5.23. The molecule has 0 unspecified atom stereocenters. The van der Waals surface area contributed by atoms with Crippen LogP contribution in [0.2, 0.25) is 5.02 Å². The van der Waals surface area contributed by atoms with Gasteiger partial charge in [-0.15, -0.1) is 0 Å². The summed E-state index contributed by atoms with van der Waals surface area (Å²) < 4.78 is 0.803. The molecule has 1 aromatic carbocycles. The maximum atomic E-state index is 12.5. The van der Waals surface area contributed by atoms with Gasteiger partial charge in [0.1, 0.15) is 0 Å². The van der Waals surface area contributed by atoms with Crippen LogP contribution in [0.3, 0.4) is 0 Å². The molecule has 0 aliphatic rings. The molecule has 0 heterocycles. The normalized spacial score (nSPS) is 11.5. The molecule has 0 atom stereocenters. The van der Waals surface area contributed by atoms with Gasteiger partial charge in [-0.25, -0.2) is 0 Å². The number of carbonyl (C=O) groups is 1. The van der Waals surface area contributed by atoms with Crippen molar-refractivity contribution < 1.29 is 4.79 Å². The first-order chi connectivity index (χ1) is 8.79. The second-order valence-electron chi connectivity index (χ2n) is 5.35. The minimum Gasteiger partial charge on any atom is -0.338 e. The Balaban J connectivity index is 2.95. The molecule has 1 rings (SSSR count). The third-order valence-corrected chi connectivity index (χ3v) is 3.63. The third-order valence-electron chi connectivity index (χ3n) is 2.95. The van der Waals surface area contributed by atoms with Gasteiger partial charge >= 0.3 is 0 Å². The minimum atomic E-state index is -0.0958. The molecule has 0 saturated heterocycles. The van der Waals surface area contributed by atoms with E-state index in [-0.39, 0.29) is 11.3 Å². The van der Waals surface area contributed by atoms with E-state index in [1.165, 1.54) is 0 Å². The van der Waals surface area contributed by atoms with E-state index >= 15 is 0 Å². The van der Waals surface area contributed by atoms with Crippen LogP contribution in [0.5, 0.6) is 0 Å². The van der Waals surface area contributed by atoms with Gasteiger partial charge in [-0.3, -0.25) is 4.79 Å². The fourth-order valence-electron chi connectivity index (χ4n) is 1.77. The van der Waals surface area contributed by atoms with E-state index in [0.717, 1.165) is 4.47 Å². The van der Waals surface area contributed by atoms with Gasteiger partial charge in [0.2, 0.25) is 0 Å². The van der Waals surface area contributed by atoms with Crippen LogP contribution in [0.25, 0.3) is 0 Å². The molecule has 0 aliphatic carbocycles. The van der Waals surface area contributed by atoms with Crippen molar-refractivity contribution in [2.75, 3.05) is 19.6 Å². The minimum absolute atomic E-state index is 0.0211. The third kappa shape index (κ3) is 4.79. The molecule has 0 saturated carbocycles. The zero-order valence-corrected chi connectivity index (χ0v) is 13.9. The van der Waals surface area contributed by atoms with Gasteiger partial charge < -0.3 is 10.6 Å². The lowest BCUT2D eigenvalue weighted by Gasteiger charge is -2.31. The maximum Gasteiger partial charge on any atom is 0.253 e. The van der Waals surface area contributed by atoms with Gasteiger partial charge in [0.15, 0.2) is 0 Å². The number of nitrogens with two attached hydrogens (primary N) is 1. The lowest BCUT2D eigenvalue weighted by molar-refractivity contribution is 0.0701. The van der Waals surface area contributed by atoms with Crippen molar-refractivity contribution in [2.45, 2.75) is 20.8 Å². The molecule has 0 aromatic heterocycles. The van der Waals surface area contributed by atoms with Gasteiger partial charge in [0.05, 0.1) is 0 Å². The Morgan fingerprint density at radius 1 is 1.42 bits per heavy atom. The highest BCUT2D eigenvalue weighted by Crippen LogP contribution is 2.22. The molecular formula is C14H20BrClN2O. The van der Waals surface area contributed by atoms with Crippen LogP contribution >= 0.6 is 27.5 Å². The summed E-state index contributed by atoms with van der Waals surface area (Å²) in [5, 5.41) is 0.548. The number of rotatable bonds is 5. The first-order valence-corrected chi connectivity index (χ1v) is 7.41. The van der Waals surface area contributed by atoms with Crippen molar-refractivity contribution >= 4 is 33.4 Å². The molecular weight excluding hydrogens is 328 g/mol. The largest absolute Gasteiger partial charge is 0.338 e. The standard InChI is InChI=1S/C14H20BrClN2O/c1-4-18(9-14(2,3)8-17)13(19)10-5-11(15)7-12(16)6-10/h5-7H,4,8-9,17H2,1-3H3. The van der Waals surface area contributed by atoms with E-state index in [1.54, 1.807) is 23.1 Å². The highest BCUT2D eigenvalue weighted by Gasteiger charge is 2.23. The van der Waals surface area contributed by atoms with Gasteiger partial charge in [-0.05, 0) is 37.1 Å². The SMILES string of the molecule is CCN(CC(C)(C)CN)C(=O)c1cc(Cl)cc(Br)c1. The predicted octanol–water partition coefficient (Wildman–Crippen LogP) is 3.55. The van der Waals surface area contributed by atoms with E-state index < -0.39 is 0 Å². The second kappa shape index (κ2) is 6.73. The van der Waals surface area contributed by atoms with E-state index in [0.29, 0.717) is 30.2 Å². The van der Waals surface area contributed by atoms with E-state index in [9.17, 15) is 4.79 Å². The predicted molar refractivity (Wildman–Crippen MR) is 83.6 cm³/mol. The summed E-state index contributed by atoms with van der Waals surface area (Å²) >= 11 is 9.33. The van der Waals surface area contributed by atoms with Crippen molar-refractivity contribution in [1.29, 1.82) is 0 Å². The van der Waals surface area contributed by atoms with Crippen molar-refractivity contribution in [1.82, 2.24) is 4.90 Å². The number of nitrogens with zero attached hydrogens (tertiary/aromatic N) is 1. The van der Waals surface area contributed by atoms with E-state index in [2.05, 4.69) is 29.8 Å². The Bertz CT molecular complexity index is 443. The molecule has 0 aliphatic heterocycles.